The third-order valence-corrected chi connectivity index (χ3v) is 5.86. The molecule has 22 heavy (non-hydrogen) atoms. The summed E-state index contributed by atoms with van der Waals surface area (Å²) < 4.78 is 29.3. The van der Waals surface area contributed by atoms with E-state index in [0.717, 1.165) is 25.0 Å². The van der Waals surface area contributed by atoms with Gasteiger partial charge in [0, 0.05) is 25.4 Å². The van der Waals surface area contributed by atoms with Crippen LogP contribution in [0.3, 0.4) is 0 Å². The Morgan fingerprint density at radius 2 is 2.00 bits per heavy atom. The van der Waals surface area contributed by atoms with Crippen LogP contribution in [0.1, 0.15) is 37.2 Å². The number of likely N-dealkylation sites (N-methyl/N-ethyl adjacent to an activating group) is 1. The lowest BCUT2D eigenvalue weighted by atomic mass is 9.94. The standard InChI is InChI=1S/C16H23NO4S/c1-12-8-9-13(21-12)10-11-16(18)17(2)14-6-4-5-7-15(14)22(3,19)20/h8-11,14-15H,4-7H2,1-3H3/b11-10-/t14-,15+/m0/s1. The van der Waals surface area contributed by atoms with Gasteiger partial charge in [-0.05, 0) is 38.0 Å². The predicted molar refractivity (Wildman–Crippen MR) is 86.1 cm³/mol. The van der Waals surface area contributed by atoms with Gasteiger partial charge in [0.1, 0.15) is 11.5 Å². The Morgan fingerprint density at radius 1 is 1.32 bits per heavy atom. The number of nitrogens with zero attached hydrogens (tertiary/aromatic N) is 1. The molecule has 122 valence electrons. The Balaban J connectivity index is 2.09. The van der Waals surface area contributed by atoms with Gasteiger partial charge in [0.05, 0.1) is 5.25 Å². The van der Waals surface area contributed by atoms with Crippen LogP contribution in [0.2, 0.25) is 0 Å². The molecule has 0 radical (unpaired) electrons. The summed E-state index contributed by atoms with van der Waals surface area (Å²) in [7, 11) is -1.48. The molecule has 1 amide bonds. The summed E-state index contributed by atoms with van der Waals surface area (Å²) in [6.07, 6.45) is 7.52. The van der Waals surface area contributed by atoms with Crippen molar-refractivity contribution in [1.29, 1.82) is 0 Å². The van der Waals surface area contributed by atoms with Crippen LogP contribution < -0.4 is 0 Å². The van der Waals surface area contributed by atoms with E-state index in [-0.39, 0.29) is 11.9 Å². The largest absolute Gasteiger partial charge is 0.462 e. The van der Waals surface area contributed by atoms with Crippen LogP contribution in [0.5, 0.6) is 0 Å². The average Bonchev–Trinajstić information content (AvgIpc) is 2.88. The minimum Gasteiger partial charge on any atom is -0.462 e. The third-order valence-electron chi connectivity index (χ3n) is 4.21. The highest BCUT2D eigenvalue weighted by atomic mass is 32.2. The molecule has 1 aliphatic carbocycles. The Hall–Kier alpha value is -1.56. The molecule has 0 aromatic carbocycles. The summed E-state index contributed by atoms with van der Waals surface area (Å²) in [5.74, 6) is 1.20. The first kappa shape index (κ1) is 16.8. The van der Waals surface area contributed by atoms with Crippen molar-refractivity contribution in [2.75, 3.05) is 13.3 Å². The summed E-state index contributed by atoms with van der Waals surface area (Å²) in [5.41, 5.74) is 0. The molecule has 2 rings (SSSR count). The zero-order valence-corrected chi connectivity index (χ0v) is 14.1. The van der Waals surface area contributed by atoms with Crippen molar-refractivity contribution in [3.63, 3.8) is 0 Å². The maximum Gasteiger partial charge on any atom is 0.246 e. The van der Waals surface area contributed by atoms with E-state index >= 15 is 0 Å². The fraction of sp³-hybridized carbons (Fsp3) is 0.562. The van der Waals surface area contributed by atoms with Crippen LogP contribution in [0.15, 0.2) is 22.6 Å². The van der Waals surface area contributed by atoms with E-state index in [1.54, 1.807) is 24.1 Å². The number of hydrogen-bond donors (Lipinski definition) is 0. The molecule has 1 aromatic rings. The van der Waals surface area contributed by atoms with Gasteiger partial charge in [0.25, 0.3) is 0 Å². The second-order valence-electron chi connectivity index (χ2n) is 5.95. The maximum absolute atomic E-state index is 12.3. The van der Waals surface area contributed by atoms with Crippen LogP contribution in [0.25, 0.3) is 6.08 Å². The van der Waals surface area contributed by atoms with Gasteiger partial charge < -0.3 is 9.32 Å². The van der Waals surface area contributed by atoms with Crippen molar-refractivity contribution in [3.8, 4) is 0 Å². The molecular weight excluding hydrogens is 302 g/mol. The fourth-order valence-electron chi connectivity index (χ4n) is 3.00. The fourth-order valence-corrected chi connectivity index (χ4v) is 4.48. The van der Waals surface area contributed by atoms with E-state index in [1.165, 1.54) is 12.3 Å². The van der Waals surface area contributed by atoms with Gasteiger partial charge in [-0.15, -0.1) is 0 Å². The van der Waals surface area contributed by atoms with E-state index in [1.807, 2.05) is 13.0 Å². The van der Waals surface area contributed by atoms with Crippen LogP contribution in [0, 0.1) is 6.92 Å². The molecule has 1 heterocycles. The number of rotatable bonds is 4. The molecule has 0 N–H and O–H groups in total. The summed E-state index contributed by atoms with van der Waals surface area (Å²) in [6, 6.07) is 3.37. The molecule has 0 aliphatic heterocycles. The Morgan fingerprint density at radius 3 is 2.59 bits per heavy atom. The molecule has 0 saturated heterocycles. The number of amides is 1. The Kier molecular flexibility index (Phi) is 5.11. The van der Waals surface area contributed by atoms with Gasteiger partial charge in [0.15, 0.2) is 9.84 Å². The molecule has 1 fully saturated rings. The molecule has 0 spiro atoms. The van der Waals surface area contributed by atoms with Crippen molar-refractivity contribution < 1.29 is 17.6 Å². The van der Waals surface area contributed by atoms with Crippen molar-refractivity contribution in [1.82, 2.24) is 4.90 Å². The highest BCUT2D eigenvalue weighted by Crippen LogP contribution is 2.27. The third kappa shape index (κ3) is 4.00. The first-order valence-corrected chi connectivity index (χ1v) is 9.44. The number of carbonyl (C=O) groups excluding carboxylic acids is 1. The van der Waals surface area contributed by atoms with E-state index in [4.69, 9.17) is 4.42 Å². The lowest BCUT2D eigenvalue weighted by Crippen LogP contribution is -2.48. The molecule has 2 atom stereocenters. The van der Waals surface area contributed by atoms with Gasteiger partial charge >= 0.3 is 0 Å². The Bertz CT molecular complexity index is 659. The number of carbonyl (C=O) groups is 1. The topological polar surface area (TPSA) is 67.6 Å². The number of sulfone groups is 1. The smallest absolute Gasteiger partial charge is 0.246 e. The second kappa shape index (κ2) is 6.69. The molecule has 0 bridgehead atoms. The lowest BCUT2D eigenvalue weighted by Gasteiger charge is -2.36. The van der Waals surface area contributed by atoms with Crippen molar-refractivity contribution in [3.05, 3.63) is 29.7 Å². The van der Waals surface area contributed by atoms with E-state index < -0.39 is 15.1 Å². The van der Waals surface area contributed by atoms with Crippen molar-refractivity contribution in [2.24, 2.45) is 0 Å². The lowest BCUT2D eigenvalue weighted by molar-refractivity contribution is -0.127. The van der Waals surface area contributed by atoms with Crippen LogP contribution in [0.4, 0.5) is 0 Å². The van der Waals surface area contributed by atoms with Gasteiger partial charge in [-0.2, -0.15) is 0 Å². The second-order valence-corrected chi connectivity index (χ2v) is 8.22. The maximum atomic E-state index is 12.3. The summed E-state index contributed by atoms with van der Waals surface area (Å²) in [6.45, 7) is 1.84. The molecule has 0 unspecified atom stereocenters. The van der Waals surface area contributed by atoms with Gasteiger partial charge in [-0.25, -0.2) is 8.42 Å². The number of hydrogen-bond acceptors (Lipinski definition) is 4. The van der Waals surface area contributed by atoms with Crippen molar-refractivity contribution >= 4 is 21.8 Å². The number of aryl methyl sites for hydroxylation is 1. The highest BCUT2D eigenvalue weighted by molar-refractivity contribution is 7.91. The minimum atomic E-state index is -3.15. The monoisotopic (exact) mass is 325 g/mol. The predicted octanol–water partition coefficient (Wildman–Crippen LogP) is 2.42. The molecule has 1 aliphatic rings. The summed E-state index contributed by atoms with van der Waals surface area (Å²) in [4.78, 5) is 13.9. The number of furan rings is 1. The van der Waals surface area contributed by atoms with Crippen LogP contribution in [-0.2, 0) is 14.6 Å². The molecular formula is C16H23NO4S. The van der Waals surface area contributed by atoms with Crippen LogP contribution >= 0.6 is 0 Å². The normalized spacial score (nSPS) is 22.9. The summed E-state index contributed by atoms with van der Waals surface area (Å²) in [5, 5.41) is -0.463. The van der Waals surface area contributed by atoms with Gasteiger partial charge in [-0.3, -0.25) is 4.79 Å². The summed E-state index contributed by atoms with van der Waals surface area (Å²) >= 11 is 0. The van der Waals surface area contributed by atoms with Crippen molar-refractivity contribution in [2.45, 2.75) is 43.9 Å². The molecule has 5 nitrogen and oxygen atoms in total. The molecule has 6 heteroatoms. The quantitative estimate of drug-likeness (QED) is 0.797. The molecule has 1 saturated carbocycles. The minimum absolute atomic E-state index is 0.199. The zero-order valence-electron chi connectivity index (χ0n) is 13.3. The van der Waals surface area contributed by atoms with E-state index in [9.17, 15) is 13.2 Å². The zero-order chi connectivity index (χ0) is 16.3. The van der Waals surface area contributed by atoms with E-state index in [0.29, 0.717) is 12.2 Å². The highest BCUT2D eigenvalue weighted by Gasteiger charge is 2.36. The first-order chi connectivity index (χ1) is 10.3. The van der Waals surface area contributed by atoms with Crippen LogP contribution in [-0.4, -0.2) is 43.8 Å². The van der Waals surface area contributed by atoms with Gasteiger partial charge in [0.2, 0.25) is 5.91 Å². The Labute approximate surface area is 131 Å². The average molecular weight is 325 g/mol. The SMILES string of the molecule is Cc1ccc(/C=C\C(=O)N(C)[C@H]2CCCC[C@H]2S(C)(=O)=O)o1. The van der Waals surface area contributed by atoms with Gasteiger partial charge in [-0.1, -0.05) is 12.8 Å². The first-order valence-electron chi connectivity index (χ1n) is 7.49. The van der Waals surface area contributed by atoms with E-state index in [2.05, 4.69) is 0 Å². The molecule has 1 aromatic heterocycles.